The van der Waals surface area contributed by atoms with Crippen molar-refractivity contribution in [1.82, 2.24) is 31.2 Å². The average molecular weight is 441 g/mol. The topological polar surface area (TPSA) is 208 Å². The second-order valence-electron chi connectivity index (χ2n) is 6.46. The van der Waals surface area contributed by atoms with Gasteiger partial charge in [-0.2, -0.15) is 0 Å². The highest BCUT2D eigenvalue weighted by atomic mass is 35.5. The number of nitrogens with one attached hydrogen (secondary N) is 6. The standard InChI is InChI=1S/C17H29ClN10O2/c1-10(19)23-9-6-11(29)24-7-4-2-3-5-8-25-17(22)28-16(30)12-14(20)27-15(21)13(18)26-12/h2-9H2,1H3,(H2,19,23)(H,24,29)(H4,20,21,27)(H3,22,25,28,30). The van der Waals surface area contributed by atoms with Crippen molar-refractivity contribution >= 4 is 46.8 Å². The Balaban J connectivity index is 2.11. The van der Waals surface area contributed by atoms with Crippen LogP contribution in [-0.2, 0) is 4.79 Å². The van der Waals surface area contributed by atoms with Gasteiger partial charge in [0.1, 0.15) is 0 Å². The number of nitrogens with zero attached hydrogens (tertiary/aromatic N) is 2. The molecule has 0 aliphatic carbocycles. The van der Waals surface area contributed by atoms with Crippen LogP contribution in [0.2, 0.25) is 5.15 Å². The number of hydrogen-bond acceptors (Lipinski definition) is 8. The Morgan fingerprint density at radius 2 is 1.57 bits per heavy atom. The number of nitrogen functional groups attached to an aromatic ring is 2. The van der Waals surface area contributed by atoms with Crippen LogP contribution < -0.4 is 32.7 Å². The molecule has 0 saturated carbocycles. The number of carbonyl (C=O) groups excluding carboxylic acids is 2. The van der Waals surface area contributed by atoms with E-state index in [2.05, 4.69) is 31.2 Å². The number of rotatable bonds is 11. The summed E-state index contributed by atoms with van der Waals surface area (Å²) >= 11 is 5.73. The lowest BCUT2D eigenvalue weighted by Gasteiger charge is -2.10. The summed E-state index contributed by atoms with van der Waals surface area (Å²) in [6, 6.07) is 0. The number of carbonyl (C=O) groups is 2. The molecule has 12 nitrogen and oxygen atoms in total. The maximum Gasteiger partial charge on any atom is 0.280 e. The van der Waals surface area contributed by atoms with E-state index in [0.29, 0.717) is 31.9 Å². The molecule has 10 N–H and O–H groups in total. The zero-order valence-electron chi connectivity index (χ0n) is 16.9. The van der Waals surface area contributed by atoms with Gasteiger partial charge in [-0.1, -0.05) is 24.4 Å². The van der Waals surface area contributed by atoms with Gasteiger partial charge in [-0.15, -0.1) is 0 Å². The lowest BCUT2D eigenvalue weighted by molar-refractivity contribution is -0.120. The van der Waals surface area contributed by atoms with Gasteiger partial charge in [-0.3, -0.25) is 25.7 Å². The van der Waals surface area contributed by atoms with Gasteiger partial charge >= 0.3 is 0 Å². The molecule has 1 heterocycles. The van der Waals surface area contributed by atoms with Crippen molar-refractivity contribution in [3.63, 3.8) is 0 Å². The molecule has 0 aliphatic heterocycles. The van der Waals surface area contributed by atoms with Crippen LogP contribution in [0.3, 0.4) is 0 Å². The summed E-state index contributed by atoms with van der Waals surface area (Å²) in [6.45, 7) is 3.20. The fourth-order valence-electron chi connectivity index (χ4n) is 2.32. The number of aromatic nitrogens is 2. The largest absolute Gasteiger partial charge is 0.382 e. The first-order valence-corrected chi connectivity index (χ1v) is 9.86. The van der Waals surface area contributed by atoms with Gasteiger partial charge in [0.15, 0.2) is 28.4 Å². The summed E-state index contributed by atoms with van der Waals surface area (Å²) in [5.41, 5.74) is 10.9. The monoisotopic (exact) mass is 440 g/mol. The lowest BCUT2D eigenvalue weighted by atomic mass is 10.2. The van der Waals surface area contributed by atoms with Crippen LogP contribution in [0.1, 0.15) is 49.5 Å². The molecule has 0 fully saturated rings. The smallest absolute Gasteiger partial charge is 0.280 e. The normalized spacial score (nSPS) is 10.2. The first-order valence-electron chi connectivity index (χ1n) is 9.48. The first kappa shape index (κ1) is 24.9. The maximum absolute atomic E-state index is 12.1. The van der Waals surface area contributed by atoms with Gasteiger partial charge in [0.25, 0.3) is 5.91 Å². The number of unbranched alkanes of at least 4 members (excludes halogenated alkanes) is 3. The molecule has 0 saturated heterocycles. The molecule has 0 aromatic carbocycles. The summed E-state index contributed by atoms with van der Waals surface area (Å²) < 4.78 is 0. The summed E-state index contributed by atoms with van der Waals surface area (Å²) in [6.07, 6.45) is 3.82. The molecule has 13 heteroatoms. The van der Waals surface area contributed by atoms with Gasteiger partial charge in [-0.25, -0.2) is 9.97 Å². The van der Waals surface area contributed by atoms with Gasteiger partial charge < -0.3 is 27.4 Å². The highest BCUT2D eigenvalue weighted by Crippen LogP contribution is 2.17. The Bertz CT molecular complexity index is 771. The van der Waals surface area contributed by atoms with E-state index in [-0.39, 0.29) is 34.3 Å². The first-order chi connectivity index (χ1) is 14.2. The molecule has 0 bridgehead atoms. The highest BCUT2D eigenvalue weighted by molar-refractivity contribution is 6.31. The van der Waals surface area contributed by atoms with Crippen LogP contribution in [0.15, 0.2) is 0 Å². The van der Waals surface area contributed by atoms with E-state index in [9.17, 15) is 9.59 Å². The minimum atomic E-state index is -0.707. The minimum Gasteiger partial charge on any atom is -0.382 e. The van der Waals surface area contributed by atoms with Crippen LogP contribution >= 0.6 is 11.6 Å². The van der Waals surface area contributed by atoms with Crippen LogP contribution in [0.25, 0.3) is 0 Å². The Labute approximate surface area is 179 Å². The van der Waals surface area contributed by atoms with E-state index < -0.39 is 5.91 Å². The molecular weight excluding hydrogens is 412 g/mol. The summed E-state index contributed by atoms with van der Waals surface area (Å²) in [7, 11) is 0. The SMILES string of the molecule is CC(=N)NCCC(=O)NCCCCCCNC(=N)NC(=O)c1nc(Cl)c(N)nc1N. The number of anilines is 2. The molecule has 1 rings (SSSR count). The molecule has 0 radical (unpaired) electrons. The minimum absolute atomic E-state index is 0.0395. The predicted octanol–water partition coefficient (Wildman–Crippen LogP) is 0.202. The summed E-state index contributed by atoms with van der Waals surface area (Å²) in [4.78, 5) is 31.1. The molecule has 1 aromatic rings. The molecule has 0 aliphatic rings. The second kappa shape index (κ2) is 13.1. The average Bonchev–Trinajstić information content (AvgIpc) is 2.66. The molecule has 30 heavy (non-hydrogen) atoms. The molecule has 0 spiro atoms. The number of halogens is 1. The highest BCUT2D eigenvalue weighted by Gasteiger charge is 2.16. The third kappa shape index (κ3) is 9.87. The van der Waals surface area contributed by atoms with Crippen molar-refractivity contribution in [2.24, 2.45) is 0 Å². The van der Waals surface area contributed by atoms with Gasteiger partial charge in [0.05, 0.1) is 5.84 Å². The van der Waals surface area contributed by atoms with Gasteiger partial charge in [-0.05, 0) is 19.8 Å². The van der Waals surface area contributed by atoms with Crippen molar-refractivity contribution < 1.29 is 9.59 Å². The Kier molecular flexibility index (Phi) is 10.9. The number of amides is 2. The summed E-state index contributed by atoms with van der Waals surface area (Å²) in [5.74, 6) is -0.834. The predicted molar refractivity (Wildman–Crippen MR) is 117 cm³/mol. The maximum atomic E-state index is 12.1. The van der Waals surface area contributed by atoms with Crippen molar-refractivity contribution in [3.8, 4) is 0 Å². The van der Waals surface area contributed by atoms with E-state index in [0.717, 1.165) is 25.7 Å². The fourth-order valence-corrected chi connectivity index (χ4v) is 2.45. The zero-order chi connectivity index (χ0) is 22.5. The number of hydrogen-bond donors (Lipinski definition) is 8. The quantitative estimate of drug-likeness (QED) is 0.135. The third-order valence-electron chi connectivity index (χ3n) is 3.83. The van der Waals surface area contributed by atoms with E-state index in [1.807, 2.05) is 0 Å². The van der Waals surface area contributed by atoms with E-state index >= 15 is 0 Å². The van der Waals surface area contributed by atoms with Crippen LogP contribution in [-0.4, -0.2) is 53.2 Å². The van der Waals surface area contributed by atoms with Crippen molar-refractivity contribution in [1.29, 1.82) is 10.8 Å². The fraction of sp³-hybridized carbons (Fsp3) is 0.529. The zero-order valence-corrected chi connectivity index (χ0v) is 17.7. The van der Waals surface area contributed by atoms with Gasteiger partial charge in [0.2, 0.25) is 5.91 Å². The van der Waals surface area contributed by atoms with Crippen LogP contribution in [0, 0.1) is 10.8 Å². The third-order valence-corrected chi connectivity index (χ3v) is 4.11. The van der Waals surface area contributed by atoms with Crippen LogP contribution in [0.5, 0.6) is 0 Å². The molecule has 0 unspecified atom stereocenters. The van der Waals surface area contributed by atoms with Crippen molar-refractivity contribution in [3.05, 3.63) is 10.8 Å². The van der Waals surface area contributed by atoms with Crippen molar-refractivity contribution in [2.45, 2.75) is 39.0 Å². The molecular formula is C17H29ClN10O2. The lowest BCUT2D eigenvalue weighted by Crippen LogP contribution is -2.41. The summed E-state index contributed by atoms with van der Waals surface area (Å²) in [5, 5.41) is 25.5. The number of guanidine groups is 1. The molecule has 1 aromatic heterocycles. The Hall–Kier alpha value is -3.15. The molecule has 0 atom stereocenters. The second-order valence-corrected chi connectivity index (χ2v) is 6.81. The van der Waals surface area contributed by atoms with Crippen molar-refractivity contribution in [2.75, 3.05) is 31.1 Å². The molecule has 2 amide bonds. The number of nitrogens with two attached hydrogens (primary N) is 2. The Morgan fingerprint density at radius 1 is 0.933 bits per heavy atom. The molecule has 166 valence electrons. The Morgan fingerprint density at radius 3 is 2.20 bits per heavy atom. The van der Waals surface area contributed by atoms with E-state index in [1.54, 1.807) is 6.92 Å². The number of amidine groups is 1. The van der Waals surface area contributed by atoms with Crippen LogP contribution in [0.4, 0.5) is 11.6 Å². The van der Waals surface area contributed by atoms with E-state index in [4.69, 9.17) is 33.9 Å². The van der Waals surface area contributed by atoms with E-state index in [1.165, 1.54) is 0 Å². The van der Waals surface area contributed by atoms with Gasteiger partial charge in [0, 0.05) is 26.1 Å².